The quantitative estimate of drug-likeness (QED) is 0.364. The number of hydrogen-bond acceptors (Lipinski definition) is 1. The molecular formula is C6H7O-. The first-order valence-corrected chi connectivity index (χ1v) is 1.98. The lowest BCUT2D eigenvalue weighted by Crippen LogP contribution is -1.81. The summed E-state index contributed by atoms with van der Waals surface area (Å²) < 4.78 is 0. The molecule has 0 bridgehead atoms. The van der Waals surface area contributed by atoms with Crippen LogP contribution in [0.2, 0.25) is 0 Å². The Morgan fingerprint density at radius 1 is 1.14 bits per heavy atom. The molecule has 7 heavy (non-hydrogen) atoms. The van der Waals surface area contributed by atoms with Crippen molar-refractivity contribution in [2.45, 2.75) is 0 Å². The second kappa shape index (κ2) is 5.02. The molecular weight excluding hydrogens is 88.1 g/mol. The average molecular weight is 95.1 g/mol. The standard InChI is InChI=1S/C6H8O/c1-2-3-4-5-6-7/h2-7H,1H2/p-1/b4-3+,6-5?. The summed E-state index contributed by atoms with van der Waals surface area (Å²) in [5.74, 6) is 0. The van der Waals surface area contributed by atoms with Gasteiger partial charge in [-0.15, -0.1) is 6.26 Å². The molecule has 0 heterocycles. The SMILES string of the molecule is C=C/C=C/C=C[O-]. The van der Waals surface area contributed by atoms with E-state index in [0.29, 0.717) is 0 Å². The molecule has 1 heteroatoms. The fraction of sp³-hybridized carbons (Fsp3) is 0. The van der Waals surface area contributed by atoms with Crippen LogP contribution in [-0.4, -0.2) is 0 Å². The highest BCUT2D eigenvalue weighted by Gasteiger charge is 1.49. The summed E-state index contributed by atoms with van der Waals surface area (Å²) in [7, 11) is 0. The third-order valence-corrected chi connectivity index (χ3v) is 0.437. The summed E-state index contributed by atoms with van der Waals surface area (Å²) in [6, 6.07) is 0. The average Bonchev–Trinajstić information content (AvgIpc) is 1.69. The predicted molar refractivity (Wildman–Crippen MR) is 28.5 cm³/mol. The van der Waals surface area contributed by atoms with E-state index < -0.39 is 0 Å². The number of hydrogen-bond donors (Lipinski definition) is 0. The van der Waals surface area contributed by atoms with Crippen LogP contribution in [0.25, 0.3) is 0 Å². The van der Waals surface area contributed by atoms with Crippen molar-refractivity contribution < 1.29 is 5.11 Å². The van der Waals surface area contributed by atoms with Crippen molar-refractivity contribution in [2.24, 2.45) is 0 Å². The Hall–Kier alpha value is -0.980. The molecule has 0 rings (SSSR count). The van der Waals surface area contributed by atoms with E-state index in [-0.39, 0.29) is 0 Å². The lowest BCUT2D eigenvalue weighted by atomic mass is 10.5. The van der Waals surface area contributed by atoms with Crippen LogP contribution in [0.4, 0.5) is 0 Å². The lowest BCUT2D eigenvalue weighted by molar-refractivity contribution is -0.274. The van der Waals surface area contributed by atoms with Gasteiger partial charge in [0, 0.05) is 0 Å². The first kappa shape index (κ1) is 6.02. The van der Waals surface area contributed by atoms with E-state index in [0.717, 1.165) is 6.26 Å². The van der Waals surface area contributed by atoms with E-state index in [9.17, 15) is 5.11 Å². The number of rotatable bonds is 2. The van der Waals surface area contributed by atoms with E-state index in [2.05, 4.69) is 6.58 Å². The summed E-state index contributed by atoms with van der Waals surface area (Å²) in [5.41, 5.74) is 0. The zero-order valence-corrected chi connectivity index (χ0v) is 4.00. The van der Waals surface area contributed by atoms with Gasteiger partial charge >= 0.3 is 0 Å². The molecule has 0 saturated heterocycles. The van der Waals surface area contributed by atoms with Crippen LogP contribution in [0.15, 0.2) is 37.1 Å². The first-order valence-electron chi connectivity index (χ1n) is 1.98. The Bertz CT molecular complexity index is 90.4. The summed E-state index contributed by atoms with van der Waals surface area (Å²) in [6.45, 7) is 3.41. The Balaban J connectivity index is 3.27. The van der Waals surface area contributed by atoms with Crippen molar-refractivity contribution in [1.82, 2.24) is 0 Å². The van der Waals surface area contributed by atoms with E-state index in [1.165, 1.54) is 6.08 Å². The second-order valence-corrected chi connectivity index (χ2v) is 0.949. The van der Waals surface area contributed by atoms with Crippen molar-refractivity contribution in [3.8, 4) is 0 Å². The number of allylic oxidation sites excluding steroid dienone is 4. The molecule has 0 amide bonds. The molecule has 1 nitrogen and oxygen atoms in total. The van der Waals surface area contributed by atoms with Gasteiger partial charge in [-0.1, -0.05) is 30.9 Å². The van der Waals surface area contributed by atoms with Gasteiger partial charge < -0.3 is 5.11 Å². The van der Waals surface area contributed by atoms with Gasteiger partial charge in [-0.05, 0) is 0 Å². The van der Waals surface area contributed by atoms with E-state index in [4.69, 9.17) is 0 Å². The molecule has 0 spiro atoms. The van der Waals surface area contributed by atoms with Gasteiger partial charge in [0.05, 0.1) is 0 Å². The van der Waals surface area contributed by atoms with Crippen LogP contribution in [0.3, 0.4) is 0 Å². The third-order valence-electron chi connectivity index (χ3n) is 0.437. The molecule has 0 aromatic heterocycles. The summed E-state index contributed by atoms with van der Waals surface area (Å²) in [5, 5.41) is 9.54. The van der Waals surface area contributed by atoms with E-state index >= 15 is 0 Å². The maximum absolute atomic E-state index is 9.54. The molecule has 0 aliphatic heterocycles. The van der Waals surface area contributed by atoms with Crippen LogP contribution in [-0.2, 0) is 0 Å². The van der Waals surface area contributed by atoms with Crippen LogP contribution in [0.1, 0.15) is 0 Å². The maximum atomic E-state index is 9.54. The highest BCUT2D eigenvalue weighted by Crippen LogP contribution is 1.71. The molecule has 0 fully saturated rings. The molecule has 0 aromatic rings. The van der Waals surface area contributed by atoms with Crippen molar-refractivity contribution in [2.75, 3.05) is 0 Å². The molecule has 0 N–H and O–H groups in total. The van der Waals surface area contributed by atoms with Gasteiger partial charge in [0.15, 0.2) is 0 Å². The molecule has 0 atom stereocenters. The lowest BCUT2D eigenvalue weighted by Gasteiger charge is -1.79. The first-order chi connectivity index (χ1) is 3.41. The second-order valence-electron chi connectivity index (χ2n) is 0.949. The highest BCUT2D eigenvalue weighted by molar-refractivity contribution is 5.06. The predicted octanol–water partition coefficient (Wildman–Crippen LogP) is 0.603. The topological polar surface area (TPSA) is 23.1 Å². The van der Waals surface area contributed by atoms with Crippen molar-refractivity contribution in [1.29, 1.82) is 0 Å². The smallest absolute Gasteiger partial charge is 0.0629 e. The van der Waals surface area contributed by atoms with Crippen LogP contribution >= 0.6 is 0 Å². The maximum Gasteiger partial charge on any atom is -0.0629 e. The van der Waals surface area contributed by atoms with Gasteiger partial charge in [0.25, 0.3) is 0 Å². The summed E-state index contributed by atoms with van der Waals surface area (Å²) in [6.07, 6.45) is 7.05. The summed E-state index contributed by atoms with van der Waals surface area (Å²) >= 11 is 0. The minimum Gasteiger partial charge on any atom is -0.878 e. The van der Waals surface area contributed by atoms with Gasteiger partial charge in [0.2, 0.25) is 0 Å². The van der Waals surface area contributed by atoms with Crippen LogP contribution in [0.5, 0.6) is 0 Å². The van der Waals surface area contributed by atoms with Crippen LogP contribution in [0, 0.1) is 0 Å². The third kappa shape index (κ3) is 5.02. The van der Waals surface area contributed by atoms with E-state index in [1.54, 1.807) is 18.2 Å². The summed E-state index contributed by atoms with van der Waals surface area (Å²) in [4.78, 5) is 0. The molecule has 0 unspecified atom stereocenters. The van der Waals surface area contributed by atoms with Crippen LogP contribution < -0.4 is 5.11 Å². The fourth-order valence-corrected chi connectivity index (χ4v) is 0.188. The minimum atomic E-state index is 0.722. The van der Waals surface area contributed by atoms with Crippen molar-refractivity contribution >= 4 is 0 Å². The molecule has 0 aliphatic rings. The molecule has 0 radical (unpaired) electrons. The monoisotopic (exact) mass is 95.1 g/mol. The minimum absolute atomic E-state index is 0.722. The van der Waals surface area contributed by atoms with Gasteiger partial charge in [0.1, 0.15) is 0 Å². The zero-order chi connectivity index (χ0) is 5.54. The molecule has 0 aliphatic carbocycles. The Labute approximate surface area is 43.3 Å². The van der Waals surface area contributed by atoms with Crippen molar-refractivity contribution in [3.63, 3.8) is 0 Å². The van der Waals surface area contributed by atoms with Gasteiger partial charge in [-0.3, -0.25) is 0 Å². The zero-order valence-electron chi connectivity index (χ0n) is 4.00. The Morgan fingerprint density at radius 2 is 1.86 bits per heavy atom. The van der Waals surface area contributed by atoms with Gasteiger partial charge in [-0.25, -0.2) is 0 Å². The normalized spacial score (nSPS) is 10.9. The molecule has 38 valence electrons. The highest BCUT2D eigenvalue weighted by atomic mass is 16.2. The largest absolute Gasteiger partial charge is 0.878 e. The molecule has 0 saturated carbocycles. The molecule has 0 aromatic carbocycles. The van der Waals surface area contributed by atoms with Crippen molar-refractivity contribution in [3.05, 3.63) is 37.1 Å². The fourth-order valence-electron chi connectivity index (χ4n) is 0.188. The Morgan fingerprint density at radius 3 is 2.29 bits per heavy atom. The van der Waals surface area contributed by atoms with Gasteiger partial charge in [-0.2, -0.15) is 0 Å². The Kier molecular flexibility index (Phi) is 4.32. The van der Waals surface area contributed by atoms with E-state index in [1.807, 2.05) is 0 Å².